The zero-order valence-corrected chi connectivity index (χ0v) is 12.4. The number of nitrogens with one attached hydrogen (secondary N) is 2. The number of rotatable bonds is 1. The maximum atomic E-state index is 12.1. The number of hydrogen-bond acceptors (Lipinski definition) is 2. The van der Waals surface area contributed by atoms with E-state index in [2.05, 4.69) is 10.6 Å². The smallest absolute Gasteiger partial charge is 0.320 e. The molecule has 1 atom stereocenters. The summed E-state index contributed by atoms with van der Waals surface area (Å²) in [4.78, 5) is 12.1. The van der Waals surface area contributed by atoms with Gasteiger partial charge in [0.1, 0.15) is 12.4 Å². The number of amides is 2. The summed E-state index contributed by atoms with van der Waals surface area (Å²) in [6.07, 6.45) is 0. The average molecular weight is 313 g/mol. The molecule has 0 fully saturated rings. The highest BCUT2D eigenvalue weighted by Crippen LogP contribution is 2.39. The minimum Gasteiger partial charge on any atom is -0.488 e. The van der Waals surface area contributed by atoms with Gasteiger partial charge in [-0.05, 0) is 23.8 Å². The van der Waals surface area contributed by atoms with Crippen LogP contribution in [0.2, 0.25) is 5.02 Å². The third-order valence-electron chi connectivity index (χ3n) is 3.94. The highest BCUT2D eigenvalue weighted by atomic mass is 35.5. The van der Waals surface area contributed by atoms with Crippen LogP contribution in [0.15, 0.2) is 54.1 Å². The molecule has 0 aromatic heterocycles. The van der Waals surface area contributed by atoms with Gasteiger partial charge in [0, 0.05) is 16.2 Å². The Morgan fingerprint density at radius 1 is 1.09 bits per heavy atom. The molecule has 0 aliphatic carbocycles. The molecule has 2 N–H and O–H groups in total. The lowest BCUT2D eigenvalue weighted by atomic mass is 9.91. The van der Waals surface area contributed by atoms with E-state index in [0.717, 1.165) is 28.1 Å². The Bertz CT molecular complexity index is 801. The quantitative estimate of drug-likeness (QED) is 0.847. The fourth-order valence-electron chi connectivity index (χ4n) is 2.92. The molecule has 4 nitrogen and oxygen atoms in total. The fraction of sp³-hybridized carbons (Fsp3) is 0.118. The minimum atomic E-state index is -0.286. The third-order valence-corrected chi connectivity index (χ3v) is 4.28. The van der Waals surface area contributed by atoms with E-state index in [1.165, 1.54) is 0 Å². The summed E-state index contributed by atoms with van der Waals surface area (Å²) in [5, 5.41) is 6.46. The topological polar surface area (TPSA) is 50.4 Å². The van der Waals surface area contributed by atoms with E-state index < -0.39 is 0 Å². The van der Waals surface area contributed by atoms with Crippen molar-refractivity contribution in [3.8, 4) is 5.75 Å². The number of ether oxygens (including phenoxy) is 1. The van der Waals surface area contributed by atoms with Crippen molar-refractivity contribution in [2.45, 2.75) is 6.04 Å². The Hall–Kier alpha value is -2.46. The molecule has 110 valence electrons. The van der Waals surface area contributed by atoms with Crippen LogP contribution < -0.4 is 15.4 Å². The number of fused-ring (bicyclic) bond motifs is 2. The summed E-state index contributed by atoms with van der Waals surface area (Å²) in [6.45, 7) is 0.412. The van der Waals surface area contributed by atoms with Gasteiger partial charge in [-0.2, -0.15) is 0 Å². The number of benzene rings is 2. The second kappa shape index (κ2) is 5.07. The summed E-state index contributed by atoms with van der Waals surface area (Å²) in [5.41, 5.74) is 3.56. The molecule has 4 rings (SSSR count). The molecule has 0 bridgehead atoms. The maximum Gasteiger partial charge on any atom is 0.320 e. The van der Waals surface area contributed by atoms with Crippen LogP contribution in [0.4, 0.5) is 4.79 Å². The predicted octanol–water partition coefficient (Wildman–Crippen LogP) is 3.50. The van der Waals surface area contributed by atoms with Gasteiger partial charge in [-0.15, -0.1) is 0 Å². The first-order valence-electron chi connectivity index (χ1n) is 7.01. The van der Waals surface area contributed by atoms with E-state index in [-0.39, 0.29) is 12.1 Å². The van der Waals surface area contributed by atoms with E-state index in [0.29, 0.717) is 11.6 Å². The van der Waals surface area contributed by atoms with Gasteiger partial charge in [0.25, 0.3) is 0 Å². The van der Waals surface area contributed by atoms with Gasteiger partial charge in [0.2, 0.25) is 0 Å². The minimum absolute atomic E-state index is 0.236. The van der Waals surface area contributed by atoms with E-state index in [4.69, 9.17) is 16.3 Å². The summed E-state index contributed by atoms with van der Waals surface area (Å²) in [5.74, 6) is 0.779. The second-order valence-corrected chi connectivity index (χ2v) is 5.65. The largest absolute Gasteiger partial charge is 0.488 e. The molecule has 0 spiro atoms. The van der Waals surface area contributed by atoms with Crippen LogP contribution in [0.5, 0.6) is 5.75 Å². The van der Waals surface area contributed by atoms with E-state index >= 15 is 0 Å². The van der Waals surface area contributed by atoms with Gasteiger partial charge in [-0.3, -0.25) is 0 Å². The summed E-state index contributed by atoms with van der Waals surface area (Å²) in [7, 11) is 0. The Balaban J connectivity index is 1.88. The van der Waals surface area contributed by atoms with Gasteiger partial charge in [-0.1, -0.05) is 41.9 Å². The summed E-state index contributed by atoms with van der Waals surface area (Å²) >= 11 is 6.30. The highest BCUT2D eigenvalue weighted by molar-refractivity contribution is 6.31. The average Bonchev–Trinajstić information content (AvgIpc) is 2.54. The number of carbonyl (C=O) groups excluding carboxylic acids is 1. The molecule has 2 aromatic carbocycles. The molecule has 0 saturated carbocycles. The van der Waals surface area contributed by atoms with Gasteiger partial charge in [-0.25, -0.2) is 4.79 Å². The summed E-state index contributed by atoms with van der Waals surface area (Å²) < 4.78 is 5.83. The lowest BCUT2D eigenvalue weighted by Gasteiger charge is -2.34. The summed E-state index contributed by atoms with van der Waals surface area (Å²) in [6, 6.07) is 14.7. The van der Waals surface area contributed by atoms with Crippen molar-refractivity contribution in [3.63, 3.8) is 0 Å². The zero-order valence-electron chi connectivity index (χ0n) is 11.6. The van der Waals surface area contributed by atoms with Gasteiger partial charge in [0.15, 0.2) is 0 Å². The van der Waals surface area contributed by atoms with Crippen LogP contribution in [-0.2, 0) is 0 Å². The van der Waals surface area contributed by atoms with Crippen LogP contribution in [-0.4, -0.2) is 12.6 Å². The van der Waals surface area contributed by atoms with Crippen molar-refractivity contribution in [1.29, 1.82) is 0 Å². The molecule has 22 heavy (non-hydrogen) atoms. The van der Waals surface area contributed by atoms with Crippen LogP contribution in [0.3, 0.4) is 0 Å². The molecule has 2 amide bonds. The molecule has 2 aliphatic heterocycles. The Labute approximate surface area is 132 Å². The van der Waals surface area contributed by atoms with E-state index in [1.54, 1.807) is 0 Å². The number of halogens is 1. The predicted molar refractivity (Wildman–Crippen MR) is 84.7 cm³/mol. The first-order chi connectivity index (χ1) is 10.7. The van der Waals surface area contributed by atoms with Gasteiger partial charge in [0.05, 0.1) is 11.7 Å². The Kier molecular flexibility index (Phi) is 3.05. The van der Waals surface area contributed by atoms with E-state index in [9.17, 15) is 4.79 Å². The Morgan fingerprint density at radius 3 is 2.73 bits per heavy atom. The molecule has 2 heterocycles. The molecular weight excluding hydrogens is 300 g/mol. The monoisotopic (exact) mass is 312 g/mol. The number of hydrogen-bond donors (Lipinski definition) is 2. The molecule has 2 aromatic rings. The normalized spacial score (nSPS) is 19.5. The van der Waals surface area contributed by atoms with Crippen LogP contribution in [0, 0.1) is 0 Å². The molecule has 1 unspecified atom stereocenters. The van der Waals surface area contributed by atoms with Crippen molar-refractivity contribution >= 4 is 23.3 Å². The fourth-order valence-corrected chi connectivity index (χ4v) is 3.16. The SMILES string of the molecule is O=C1NC2=C(COc3ccccc32)C(c2ccccc2Cl)N1. The first-order valence-corrected chi connectivity index (χ1v) is 7.39. The highest BCUT2D eigenvalue weighted by Gasteiger charge is 2.33. The molecule has 0 saturated heterocycles. The van der Waals surface area contributed by atoms with Crippen molar-refractivity contribution < 1.29 is 9.53 Å². The third kappa shape index (κ3) is 2.04. The lowest BCUT2D eigenvalue weighted by molar-refractivity contribution is 0.237. The van der Waals surface area contributed by atoms with Crippen molar-refractivity contribution in [1.82, 2.24) is 10.6 Å². The zero-order chi connectivity index (χ0) is 15.1. The number of urea groups is 1. The molecular formula is C17H13ClN2O2. The molecule has 5 heteroatoms. The maximum absolute atomic E-state index is 12.1. The standard InChI is InChI=1S/C17H13ClN2O2/c18-13-7-3-1-5-10(13)15-12-9-22-14-8-4-2-6-11(14)16(12)20-17(21)19-15/h1-8,15H,9H2,(H2,19,20,21). The number of para-hydroxylation sites is 1. The second-order valence-electron chi connectivity index (χ2n) is 5.24. The van der Waals surface area contributed by atoms with Crippen molar-refractivity contribution in [2.75, 3.05) is 6.61 Å². The van der Waals surface area contributed by atoms with Crippen LogP contribution in [0.1, 0.15) is 17.2 Å². The first kappa shape index (κ1) is 13.2. The Morgan fingerprint density at radius 2 is 1.86 bits per heavy atom. The number of carbonyl (C=O) groups is 1. The molecule has 0 radical (unpaired) electrons. The van der Waals surface area contributed by atoms with E-state index in [1.807, 2.05) is 48.5 Å². The van der Waals surface area contributed by atoms with Gasteiger partial charge < -0.3 is 15.4 Å². The molecule has 2 aliphatic rings. The van der Waals surface area contributed by atoms with Crippen molar-refractivity contribution in [3.05, 3.63) is 70.3 Å². The van der Waals surface area contributed by atoms with Crippen LogP contribution in [0.25, 0.3) is 5.70 Å². The van der Waals surface area contributed by atoms with Gasteiger partial charge >= 0.3 is 6.03 Å². The lowest BCUT2D eigenvalue weighted by Crippen LogP contribution is -2.45. The van der Waals surface area contributed by atoms with Crippen LogP contribution >= 0.6 is 11.6 Å². The van der Waals surface area contributed by atoms with Crippen molar-refractivity contribution in [2.24, 2.45) is 0 Å².